The minimum absolute atomic E-state index is 0.0483. The molecule has 1 rings (SSSR count). The lowest BCUT2D eigenvalue weighted by atomic mass is 10.1. The van der Waals surface area contributed by atoms with E-state index in [0.29, 0.717) is 13.0 Å². The predicted octanol–water partition coefficient (Wildman–Crippen LogP) is -0.416. The summed E-state index contributed by atoms with van der Waals surface area (Å²) in [5.41, 5.74) is 5.32. The summed E-state index contributed by atoms with van der Waals surface area (Å²) < 4.78 is 0. The molecule has 0 aromatic carbocycles. The van der Waals surface area contributed by atoms with Crippen LogP contribution >= 0.6 is 0 Å². The van der Waals surface area contributed by atoms with Crippen LogP contribution in [0.2, 0.25) is 0 Å². The van der Waals surface area contributed by atoms with Crippen LogP contribution in [0.3, 0.4) is 0 Å². The van der Waals surface area contributed by atoms with Crippen molar-refractivity contribution < 1.29 is 14.4 Å². The normalized spacial score (nSPS) is 23.3. The Balaban J connectivity index is 2.76. The number of nitrogens with two attached hydrogens (primary N) is 1. The van der Waals surface area contributed by atoms with Crippen molar-refractivity contribution in [3.8, 4) is 0 Å². The zero-order chi connectivity index (χ0) is 14.6. The number of carbonyl (C=O) groups excluding carboxylic acids is 3. The maximum Gasteiger partial charge on any atom is 0.247 e. The SMILES string of the molecule is CC(=O)/C=C/C(=O)N1C[C@@H](NC(C)C)C[C@H]1C(N)=O. The Bertz CT molecular complexity index is 404. The third kappa shape index (κ3) is 4.48. The second-order valence-corrected chi connectivity index (χ2v) is 5.11. The topological polar surface area (TPSA) is 92.5 Å². The molecule has 1 heterocycles. The standard InChI is InChI=1S/C13H21N3O3/c1-8(2)15-10-6-11(13(14)19)16(7-10)12(18)5-4-9(3)17/h4-5,8,10-11,15H,6-7H2,1-3H3,(H2,14,19)/b5-4+/t10-,11-/m0/s1. The maximum absolute atomic E-state index is 11.9. The van der Waals surface area contributed by atoms with Gasteiger partial charge >= 0.3 is 0 Å². The molecule has 2 amide bonds. The second-order valence-electron chi connectivity index (χ2n) is 5.11. The summed E-state index contributed by atoms with van der Waals surface area (Å²) in [5, 5.41) is 3.28. The number of nitrogens with one attached hydrogen (secondary N) is 1. The highest BCUT2D eigenvalue weighted by atomic mass is 16.2. The van der Waals surface area contributed by atoms with Crippen LogP contribution in [0.4, 0.5) is 0 Å². The zero-order valence-electron chi connectivity index (χ0n) is 11.6. The van der Waals surface area contributed by atoms with Crippen molar-refractivity contribution in [3.05, 3.63) is 12.2 Å². The van der Waals surface area contributed by atoms with Gasteiger partial charge in [0.05, 0.1) is 0 Å². The van der Waals surface area contributed by atoms with Crippen LogP contribution in [0.15, 0.2) is 12.2 Å². The fourth-order valence-electron chi connectivity index (χ4n) is 2.23. The van der Waals surface area contributed by atoms with E-state index in [2.05, 4.69) is 5.32 Å². The summed E-state index contributed by atoms with van der Waals surface area (Å²) in [7, 11) is 0. The smallest absolute Gasteiger partial charge is 0.247 e. The summed E-state index contributed by atoms with van der Waals surface area (Å²) in [6, 6.07) is -0.297. The highest BCUT2D eigenvalue weighted by Gasteiger charge is 2.37. The molecule has 3 N–H and O–H groups in total. The number of amides is 2. The molecule has 0 radical (unpaired) electrons. The Morgan fingerprint density at radius 2 is 1.95 bits per heavy atom. The van der Waals surface area contributed by atoms with Crippen molar-refractivity contribution in [1.29, 1.82) is 0 Å². The summed E-state index contributed by atoms with van der Waals surface area (Å²) in [4.78, 5) is 35.6. The van der Waals surface area contributed by atoms with Crippen molar-refractivity contribution in [2.45, 2.75) is 45.3 Å². The average molecular weight is 267 g/mol. The molecule has 6 nitrogen and oxygen atoms in total. The Hall–Kier alpha value is -1.69. The number of hydrogen-bond acceptors (Lipinski definition) is 4. The first kappa shape index (κ1) is 15.4. The van der Waals surface area contributed by atoms with E-state index in [9.17, 15) is 14.4 Å². The molecular formula is C13H21N3O3. The molecule has 106 valence electrons. The molecule has 1 fully saturated rings. The van der Waals surface area contributed by atoms with E-state index in [1.165, 1.54) is 24.0 Å². The van der Waals surface area contributed by atoms with E-state index in [1.807, 2.05) is 13.8 Å². The third-order valence-electron chi connectivity index (χ3n) is 2.94. The number of hydrogen-bond donors (Lipinski definition) is 2. The van der Waals surface area contributed by atoms with Gasteiger partial charge in [0.15, 0.2) is 5.78 Å². The molecule has 1 aliphatic rings. The van der Waals surface area contributed by atoms with Crippen molar-refractivity contribution in [2.75, 3.05) is 6.54 Å². The van der Waals surface area contributed by atoms with E-state index < -0.39 is 11.9 Å². The van der Waals surface area contributed by atoms with Gasteiger partial charge in [-0.05, 0) is 19.4 Å². The Morgan fingerprint density at radius 1 is 1.32 bits per heavy atom. The number of ketones is 1. The molecule has 0 aliphatic carbocycles. The van der Waals surface area contributed by atoms with Gasteiger partial charge in [-0.15, -0.1) is 0 Å². The fourth-order valence-corrected chi connectivity index (χ4v) is 2.23. The second kappa shape index (κ2) is 6.47. The van der Waals surface area contributed by atoms with Gasteiger partial charge in [0.25, 0.3) is 0 Å². The average Bonchev–Trinajstić information content (AvgIpc) is 2.68. The summed E-state index contributed by atoms with van der Waals surface area (Å²) >= 11 is 0. The fraction of sp³-hybridized carbons (Fsp3) is 0.615. The van der Waals surface area contributed by atoms with E-state index in [0.717, 1.165) is 0 Å². The summed E-state index contributed by atoms with van der Waals surface area (Å²) in [6.07, 6.45) is 2.90. The first-order valence-corrected chi connectivity index (χ1v) is 6.36. The molecule has 0 unspecified atom stereocenters. The van der Waals surface area contributed by atoms with Gasteiger partial charge in [-0.25, -0.2) is 0 Å². The number of nitrogens with zero attached hydrogens (tertiary/aromatic N) is 1. The maximum atomic E-state index is 11.9. The quantitative estimate of drug-likeness (QED) is 0.662. The largest absolute Gasteiger partial charge is 0.368 e. The number of primary amides is 1. The van der Waals surface area contributed by atoms with Gasteiger partial charge < -0.3 is 16.0 Å². The number of allylic oxidation sites excluding steroid dienone is 1. The lowest BCUT2D eigenvalue weighted by molar-refractivity contribution is -0.133. The van der Waals surface area contributed by atoms with Crippen LogP contribution < -0.4 is 11.1 Å². The van der Waals surface area contributed by atoms with Gasteiger partial charge in [0.2, 0.25) is 11.8 Å². The predicted molar refractivity (Wildman–Crippen MR) is 71.2 cm³/mol. The molecule has 0 spiro atoms. The Labute approximate surface area is 113 Å². The first-order chi connectivity index (χ1) is 8.81. The third-order valence-corrected chi connectivity index (χ3v) is 2.94. The molecule has 1 saturated heterocycles. The van der Waals surface area contributed by atoms with Crippen LogP contribution in [-0.2, 0) is 14.4 Å². The van der Waals surface area contributed by atoms with Crippen molar-refractivity contribution >= 4 is 17.6 Å². The van der Waals surface area contributed by atoms with E-state index in [1.54, 1.807) is 0 Å². The molecule has 1 aliphatic heterocycles. The molecule has 0 bridgehead atoms. The Kier molecular flexibility index (Phi) is 5.23. The van der Waals surface area contributed by atoms with E-state index in [4.69, 9.17) is 5.73 Å². The van der Waals surface area contributed by atoms with Crippen LogP contribution in [0.25, 0.3) is 0 Å². The number of likely N-dealkylation sites (tertiary alicyclic amines) is 1. The first-order valence-electron chi connectivity index (χ1n) is 6.36. The van der Waals surface area contributed by atoms with Crippen molar-refractivity contribution in [1.82, 2.24) is 10.2 Å². The molecule has 0 aromatic heterocycles. The molecule has 19 heavy (non-hydrogen) atoms. The molecule has 0 saturated carbocycles. The minimum Gasteiger partial charge on any atom is -0.368 e. The van der Waals surface area contributed by atoms with E-state index in [-0.39, 0.29) is 23.8 Å². The van der Waals surface area contributed by atoms with Crippen LogP contribution in [0, 0.1) is 0 Å². The van der Waals surface area contributed by atoms with Gasteiger partial charge in [-0.3, -0.25) is 14.4 Å². The van der Waals surface area contributed by atoms with Crippen LogP contribution in [0.5, 0.6) is 0 Å². The summed E-state index contributed by atoms with van der Waals surface area (Å²) in [5.74, 6) is -1.08. The molecular weight excluding hydrogens is 246 g/mol. The lowest BCUT2D eigenvalue weighted by Crippen LogP contribution is -2.43. The van der Waals surface area contributed by atoms with Gasteiger partial charge in [0.1, 0.15) is 6.04 Å². The minimum atomic E-state index is -0.611. The van der Waals surface area contributed by atoms with Gasteiger partial charge in [-0.1, -0.05) is 13.8 Å². The number of rotatable bonds is 5. The van der Waals surface area contributed by atoms with Gasteiger partial charge in [-0.2, -0.15) is 0 Å². The van der Waals surface area contributed by atoms with Gasteiger partial charge in [0, 0.05) is 24.7 Å². The Morgan fingerprint density at radius 3 is 2.42 bits per heavy atom. The monoisotopic (exact) mass is 267 g/mol. The molecule has 2 atom stereocenters. The molecule has 0 aromatic rings. The van der Waals surface area contributed by atoms with Crippen LogP contribution in [0.1, 0.15) is 27.2 Å². The highest BCUT2D eigenvalue weighted by Crippen LogP contribution is 2.18. The lowest BCUT2D eigenvalue weighted by Gasteiger charge is -2.20. The number of carbonyl (C=O) groups is 3. The summed E-state index contributed by atoms with van der Waals surface area (Å²) in [6.45, 7) is 5.79. The van der Waals surface area contributed by atoms with Crippen molar-refractivity contribution in [3.63, 3.8) is 0 Å². The zero-order valence-corrected chi connectivity index (χ0v) is 11.6. The van der Waals surface area contributed by atoms with Crippen molar-refractivity contribution in [2.24, 2.45) is 5.73 Å². The molecule has 6 heteroatoms. The highest BCUT2D eigenvalue weighted by molar-refractivity contribution is 5.98. The van der Waals surface area contributed by atoms with E-state index >= 15 is 0 Å². The van der Waals surface area contributed by atoms with Crippen LogP contribution in [-0.4, -0.2) is 47.2 Å².